The molecule has 0 aliphatic carbocycles. The highest BCUT2D eigenvalue weighted by Crippen LogP contribution is 2.33. The molecule has 1 saturated heterocycles. The van der Waals surface area contributed by atoms with Crippen molar-refractivity contribution in [1.82, 2.24) is 9.88 Å². The number of hydrogen-bond donors (Lipinski definition) is 1. The minimum absolute atomic E-state index is 0.0119. The van der Waals surface area contributed by atoms with Crippen LogP contribution in [0.1, 0.15) is 29.1 Å². The Morgan fingerprint density at radius 2 is 2.11 bits per heavy atom. The van der Waals surface area contributed by atoms with Crippen molar-refractivity contribution in [1.29, 1.82) is 0 Å². The van der Waals surface area contributed by atoms with Crippen molar-refractivity contribution < 1.29 is 19.4 Å². The van der Waals surface area contributed by atoms with Gasteiger partial charge in [0.2, 0.25) is 0 Å². The smallest absolute Gasteiger partial charge is 0.303 e. The van der Waals surface area contributed by atoms with E-state index in [1.165, 1.54) is 16.7 Å². The molecule has 2 heterocycles. The second-order valence-electron chi connectivity index (χ2n) is 6.05. The molecule has 1 aromatic carbocycles. The molecule has 1 aliphatic heterocycles. The first-order valence-corrected chi connectivity index (χ1v) is 10.6. The van der Waals surface area contributed by atoms with Gasteiger partial charge in [-0.2, -0.15) is 0 Å². The van der Waals surface area contributed by atoms with Crippen LogP contribution in [0.3, 0.4) is 0 Å². The molecule has 6 nitrogen and oxygen atoms in total. The van der Waals surface area contributed by atoms with Gasteiger partial charge >= 0.3 is 5.97 Å². The number of ether oxygens (including phenoxy) is 1. The SMILES string of the molecule is Cc1nc(COc2ccc(/C=C3\SC(=S)N(CCCC(=O)O)C3=O)cc2)cs1. The summed E-state index contributed by atoms with van der Waals surface area (Å²) in [6, 6.07) is 7.44. The van der Waals surface area contributed by atoms with Crippen LogP contribution >= 0.6 is 35.3 Å². The number of thiazole rings is 1. The number of rotatable bonds is 8. The van der Waals surface area contributed by atoms with E-state index in [1.807, 2.05) is 36.6 Å². The number of thioether (sulfide) groups is 1. The number of hydrogen-bond acceptors (Lipinski definition) is 7. The molecule has 0 spiro atoms. The Hall–Kier alpha value is -2.23. The van der Waals surface area contributed by atoms with E-state index in [0.29, 0.717) is 28.8 Å². The molecule has 1 fully saturated rings. The van der Waals surface area contributed by atoms with Gasteiger partial charge in [-0.05, 0) is 37.1 Å². The summed E-state index contributed by atoms with van der Waals surface area (Å²) in [5, 5.41) is 11.7. The van der Waals surface area contributed by atoms with Crippen LogP contribution in [0.2, 0.25) is 0 Å². The second-order valence-corrected chi connectivity index (χ2v) is 8.78. The lowest BCUT2D eigenvalue weighted by Gasteiger charge is -2.13. The fraction of sp³-hybridized carbons (Fsp3) is 0.263. The lowest BCUT2D eigenvalue weighted by molar-refractivity contribution is -0.137. The number of benzene rings is 1. The standard InChI is InChI=1S/C19H18N2O4S3/c1-12-20-14(11-27-12)10-25-15-6-4-13(5-7-15)9-16-18(24)21(19(26)28-16)8-2-3-17(22)23/h4-7,9,11H,2-3,8,10H2,1H3,(H,22,23)/b16-9-. The van der Waals surface area contributed by atoms with Crippen LogP contribution in [0.5, 0.6) is 5.75 Å². The number of carbonyl (C=O) groups is 2. The van der Waals surface area contributed by atoms with Crippen LogP contribution in [-0.4, -0.2) is 37.7 Å². The molecule has 0 atom stereocenters. The molecule has 28 heavy (non-hydrogen) atoms. The van der Waals surface area contributed by atoms with Crippen LogP contribution in [0.15, 0.2) is 34.6 Å². The summed E-state index contributed by atoms with van der Waals surface area (Å²) in [6.07, 6.45) is 2.17. The maximum absolute atomic E-state index is 12.5. The van der Waals surface area contributed by atoms with Gasteiger partial charge in [-0.25, -0.2) is 4.98 Å². The number of carboxylic acid groups (broad SMARTS) is 1. The maximum Gasteiger partial charge on any atom is 0.303 e. The lowest BCUT2D eigenvalue weighted by Crippen LogP contribution is -2.29. The number of thiocarbonyl (C=S) groups is 1. The van der Waals surface area contributed by atoms with Crippen molar-refractivity contribution in [3.8, 4) is 5.75 Å². The van der Waals surface area contributed by atoms with Crippen molar-refractivity contribution in [2.45, 2.75) is 26.4 Å². The van der Waals surface area contributed by atoms with Crippen molar-refractivity contribution in [3.05, 3.63) is 50.8 Å². The van der Waals surface area contributed by atoms with E-state index in [0.717, 1.165) is 22.0 Å². The summed E-state index contributed by atoms with van der Waals surface area (Å²) in [6.45, 7) is 2.69. The van der Waals surface area contributed by atoms with Crippen molar-refractivity contribution in [3.63, 3.8) is 0 Å². The molecule has 2 aromatic rings. The first-order valence-electron chi connectivity index (χ1n) is 8.53. The molecular weight excluding hydrogens is 416 g/mol. The number of carbonyl (C=O) groups excluding carboxylic acids is 1. The molecule has 1 amide bonds. The monoisotopic (exact) mass is 434 g/mol. The highest BCUT2D eigenvalue weighted by molar-refractivity contribution is 8.26. The topological polar surface area (TPSA) is 79.7 Å². The maximum atomic E-state index is 12.5. The molecule has 0 unspecified atom stereocenters. The zero-order valence-electron chi connectivity index (χ0n) is 15.1. The molecule has 1 N–H and O–H groups in total. The average Bonchev–Trinajstić information content (AvgIpc) is 3.19. The van der Waals surface area contributed by atoms with Gasteiger partial charge in [0.15, 0.2) is 0 Å². The molecule has 0 bridgehead atoms. The highest BCUT2D eigenvalue weighted by Gasteiger charge is 2.31. The lowest BCUT2D eigenvalue weighted by atomic mass is 10.2. The van der Waals surface area contributed by atoms with Gasteiger partial charge in [0.1, 0.15) is 16.7 Å². The van der Waals surface area contributed by atoms with Crippen LogP contribution in [0.4, 0.5) is 0 Å². The first kappa shape index (κ1) is 20.5. The average molecular weight is 435 g/mol. The zero-order valence-corrected chi connectivity index (χ0v) is 17.5. The molecule has 0 radical (unpaired) electrons. The van der Waals surface area contributed by atoms with E-state index in [4.69, 9.17) is 22.1 Å². The van der Waals surface area contributed by atoms with Gasteiger partial charge in [-0.1, -0.05) is 36.1 Å². The van der Waals surface area contributed by atoms with Gasteiger partial charge < -0.3 is 9.84 Å². The predicted octanol–water partition coefficient (Wildman–Crippen LogP) is 4.10. The number of aromatic nitrogens is 1. The van der Waals surface area contributed by atoms with Crippen molar-refractivity contribution in [2.24, 2.45) is 0 Å². The fourth-order valence-corrected chi connectivity index (χ4v) is 4.43. The summed E-state index contributed by atoms with van der Waals surface area (Å²) in [5.41, 5.74) is 1.76. The number of aryl methyl sites for hydroxylation is 1. The van der Waals surface area contributed by atoms with Gasteiger partial charge in [0.05, 0.1) is 15.6 Å². The summed E-state index contributed by atoms with van der Waals surface area (Å²) < 4.78 is 6.18. The van der Waals surface area contributed by atoms with E-state index in [2.05, 4.69) is 4.98 Å². The summed E-state index contributed by atoms with van der Waals surface area (Å²) >= 11 is 8.07. The van der Waals surface area contributed by atoms with E-state index in [-0.39, 0.29) is 12.3 Å². The van der Waals surface area contributed by atoms with Crippen LogP contribution < -0.4 is 4.74 Å². The third-order valence-corrected chi connectivity index (χ3v) is 6.08. The van der Waals surface area contributed by atoms with E-state index >= 15 is 0 Å². The normalized spacial score (nSPS) is 15.5. The molecule has 1 aromatic heterocycles. The number of nitrogens with zero attached hydrogens (tertiary/aromatic N) is 2. The Kier molecular flexibility index (Phi) is 6.82. The quantitative estimate of drug-likeness (QED) is 0.495. The Bertz CT molecular complexity index is 922. The Labute approximate surface area is 176 Å². The summed E-state index contributed by atoms with van der Waals surface area (Å²) in [5.74, 6) is -0.336. The minimum Gasteiger partial charge on any atom is -0.487 e. The van der Waals surface area contributed by atoms with Crippen molar-refractivity contribution >= 4 is 57.6 Å². The molecule has 1 aliphatic rings. The zero-order chi connectivity index (χ0) is 20.1. The third kappa shape index (κ3) is 5.40. The van der Waals surface area contributed by atoms with E-state index < -0.39 is 5.97 Å². The minimum atomic E-state index is -0.881. The van der Waals surface area contributed by atoms with Crippen molar-refractivity contribution in [2.75, 3.05) is 6.54 Å². The molecule has 9 heteroatoms. The second kappa shape index (κ2) is 9.31. The fourth-order valence-electron chi connectivity index (χ4n) is 2.52. The van der Waals surface area contributed by atoms with Crippen LogP contribution in [-0.2, 0) is 16.2 Å². The summed E-state index contributed by atoms with van der Waals surface area (Å²) in [4.78, 5) is 29.5. The Balaban J connectivity index is 1.59. The molecule has 0 saturated carbocycles. The summed E-state index contributed by atoms with van der Waals surface area (Å²) in [7, 11) is 0. The number of carboxylic acids is 1. The Morgan fingerprint density at radius 3 is 2.75 bits per heavy atom. The Morgan fingerprint density at radius 1 is 1.36 bits per heavy atom. The molecule has 146 valence electrons. The van der Waals surface area contributed by atoms with Gasteiger partial charge in [0, 0.05) is 18.3 Å². The van der Waals surface area contributed by atoms with Crippen LogP contribution in [0, 0.1) is 6.92 Å². The van der Waals surface area contributed by atoms with E-state index in [1.54, 1.807) is 17.4 Å². The number of amides is 1. The molecular formula is C19H18N2O4S3. The molecule has 3 rings (SSSR count). The predicted molar refractivity (Wildman–Crippen MR) is 114 cm³/mol. The van der Waals surface area contributed by atoms with Crippen LogP contribution in [0.25, 0.3) is 6.08 Å². The highest BCUT2D eigenvalue weighted by atomic mass is 32.2. The first-order chi connectivity index (χ1) is 13.4. The van der Waals surface area contributed by atoms with Gasteiger partial charge in [0.25, 0.3) is 5.91 Å². The largest absolute Gasteiger partial charge is 0.487 e. The van der Waals surface area contributed by atoms with Gasteiger partial charge in [-0.3, -0.25) is 14.5 Å². The number of aliphatic carboxylic acids is 1. The third-order valence-electron chi connectivity index (χ3n) is 3.88. The van der Waals surface area contributed by atoms with E-state index in [9.17, 15) is 9.59 Å². The van der Waals surface area contributed by atoms with Gasteiger partial charge in [-0.15, -0.1) is 11.3 Å².